The van der Waals surface area contributed by atoms with Gasteiger partial charge in [0, 0.05) is 9.86 Å². The fraction of sp³-hybridized carbons (Fsp3) is 0.125. The molecule has 0 radical (unpaired) electrons. The van der Waals surface area contributed by atoms with Crippen molar-refractivity contribution in [3.8, 4) is 0 Å². The Bertz CT molecular complexity index is 780. The van der Waals surface area contributed by atoms with E-state index < -0.39 is 0 Å². The van der Waals surface area contributed by atoms with Crippen molar-refractivity contribution in [3.05, 3.63) is 69.9 Å². The van der Waals surface area contributed by atoms with E-state index in [2.05, 4.69) is 21.2 Å². The molecular formula is C16H12BrF2NO. The van der Waals surface area contributed by atoms with Gasteiger partial charge >= 0.3 is 0 Å². The molecule has 3 aromatic rings. The highest BCUT2D eigenvalue weighted by molar-refractivity contribution is 9.10. The first-order chi connectivity index (χ1) is 10.1. The third-order valence-corrected chi connectivity index (χ3v) is 3.75. The molecule has 1 atom stereocenters. The number of fused-ring (bicyclic) bond motifs is 1. The van der Waals surface area contributed by atoms with Crippen LogP contribution in [0.15, 0.2) is 51.4 Å². The summed E-state index contributed by atoms with van der Waals surface area (Å²) in [7, 11) is 1.76. The Hall–Kier alpha value is -1.72. The van der Waals surface area contributed by atoms with Gasteiger partial charge < -0.3 is 9.73 Å². The smallest absolute Gasteiger partial charge is 0.134 e. The minimum Gasteiger partial charge on any atom is -0.459 e. The molecule has 2 aromatic carbocycles. The highest BCUT2D eigenvalue weighted by Crippen LogP contribution is 2.30. The molecule has 0 saturated carbocycles. The molecule has 0 fully saturated rings. The van der Waals surface area contributed by atoms with Crippen molar-refractivity contribution in [2.24, 2.45) is 0 Å². The lowest BCUT2D eigenvalue weighted by Gasteiger charge is -2.14. The van der Waals surface area contributed by atoms with Gasteiger partial charge in [-0.2, -0.15) is 0 Å². The van der Waals surface area contributed by atoms with Gasteiger partial charge in [0.25, 0.3) is 0 Å². The zero-order chi connectivity index (χ0) is 15.0. The molecule has 5 heteroatoms. The zero-order valence-electron chi connectivity index (χ0n) is 11.2. The predicted molar refractivity (Wildman–Crippen MR) is 81.2 cm³/mol. The van der Waals surface area contributed by atoms with Crippen LogP contribution in [-0.2, 0) is 0 Å². The third-order valence-electron chi connectivity index (χ3n) is 3.29. The first-order valence-electron chi connectivity index (χ1n) is 6.39. The summed E-state index contributed by atoms with van der Waals surface area (Å²) in [6.07, 6.45) is 0. The Morgan fingerprint density at radius 3 is 2.57 bits per heavy atom. The number of hydrogen-bond donors (Lipinski definition) is 1. The number of furan rings is 1. The SMILES string of the molecule is CNC(c1cc(F)cc(Br)c1)c1cc2cc(F)ccc2o1. The lowest BCUT2D eigenvalue weighted by molar-refractivity contribution is 0.489. The van der Waals surface area contributed by atoms with Gasteiger partial charge in [-0.05, 0) is 55.1 Å². The number of benzene rings is 2. The molecule has 0 bridgehead atoms. The first kappa shape index (κ1) is 14.2. The van der Waals surface area contributed by atoms with Crippen LogP contribution in [0.3, 0.4) is 0 Å². The van der Waals surface area contributed by atoms with Crippen LogP contribution in [0, 0.1) is 11.6 Å². The molecule has 2 nitrogen and oxygen atoms in total. The van der Waals surface area contributed by atoms with Crippen LogP contribution in [-0.4, -0.2) is 7.05 Å². The molecule has 0 aliphatic heterocycles. The van der Waals surface area contributed by atoms with E-state index in [0.717, 1.165) is 5.56 Å². The van der Waals surface area contributed by atoms with Crippen LogP contribution < -0.4 is 5.32 Å². The van der Waals surface area contributed by atoms with Gasteiger partial charge in [0.2, 0.25) is 0 Å². The average molecular weight is 352 g/mol. The summed E-state index contributed by atoms with van der Waals surface area (Å²) < 4.78 is 33.2. The maximum Gasteiger partial charge on any atom is 0.134 e. The quantitative estimate of drug-likeness (QED) is 0.734. The molecule has 1 N–H and O–H groups in total. The normalized spacial score (nSPS) is 12.8. The lowest BCUT2D eigenvalue weighted by atomic mass is 10.0. The molecule has 108 valence electrons. The summed E-state index contributed by atoms with van der Waals surface area (Å²) in [4.78, 5) is 0. The van der Waals surface area contributed by atoms with Gasteiger partial charge in [-0.15, -0.1) is 0 Å². The second-order valence-electron chi connectivity index (χ2n) is 4.76. The van der Waals surface area contributed by atoms with Crippen LogP contribution in [0.1, 0.15) is 17.4 Å². The highest BCUT2D eigenvalue weighted by Gasteiger charge is 2.18. The first-order valence-corrected chi connectivity index (χ1v) is 7.18. The Balaban J connectivity index is 2.08. The van der Waals surface area contributed by atoms with Crippen molar-refractivity contribution < 1.29 is 13.2 Å². The molecule has 1 unspecified atom stereocenters. The summed E-state index contributed by atoms with van der Waals surface area (Å²) in [5, 5.41) is 3.77. The monoisotopic (exact) mass is 351 g/mol. The Labute approximate surface area is 128 Å². The average Bonchev–Trinajstić information content (AvgIpc) is 2.81. The van der Waals surface area contributed by atoms with Crippen LogP contribution >= 0.6 is 15.9 Å². The fourth-order valence-corrected chi connectivity index (χ4v) is 2.88. The van der Waals surface area contributed by atoms with E-state index in [-0.39, 0.29) is 17.7 Å². The number of halogens is 3. The topological polar surface area (TPSA) is 25.2 Å². The Kier molecular flexibility index (Phi) is 3.78. The van der Waals surface area contributed by atoms with E-state index in [4.69, 9.17) is 4.42 Å². The van der Waals surface area contributed by atoms with Crippen molar-refractivity contribution in [3.63, 3.8) is 0 Å². The minimum atomic E-state index is -0.332. The maximum atomic E-state index is 13.6. The van der Waals surface area contributed by atoms with Crippen molar-refractivity contribution in [2.45, 2.75) is 6.04 Å². The number of rotatable bonds is 3. The Morgan fingerprint density at radius 2 is 1.86 bits per heavy atom. The van der Waals surface area contributed by atoms with Crippen LogP contribution in [0.5, 0.6) is 0 Å². The molecule has 0 aliphatic carbocycles. The summed E-state index contributed by atoms with van der Waals surface area (Å²) >= 11 is 3.28. The van der Waals surface area contributed by atoms with Crippen LogP contribution in [0.2, 0.25) is 0 Å². The molecule has 1 aromatic heterocycles. The molecule has 21 heavy (non-hydrogen) atoms. The van der Waals surface area contributed by atoms with Crippen LogP contribution in [0.25, 0.3) is 11.0 Å². The van der Waals surface area contributed by atoms with Crippen molar-refractivity contribution >= 4 is 26.9 Å². The van der Waals surface area contributed by atoms with E-state index in [1.807, 2.05) is 6.07 Å². The van der Waals surface area contributed by atoms with E-state index >= 15 is 0 Å². The molecule has 0 spiro atoms. The van der Waals surface area contributed by atoms with E-state index in [1.54, 1.807) is 19.2 Å². The summed E-state index contributed by atoms with van der Waals surface area (Å²) in [6.45, 7) is 0. The van der Waals surface area contributed by atoms with E-state index in [0.29, 0.717) is 21.2 Å². The largest absolute Gasteiger partial charge is 0.459 e. The van der Waals surface area contributed by atoms with Gasteiger partial charge in [-0.1, -0.05) is 15.9 Å². The summed E-state index contributed by atoms with van der Waals surface area (Å²) in [5.41, 5.74) is 1.33. The Morgan fingerprint density at radius 1 is 1.05 bits per heavy atom. The molecule has 0 saturated heterocycles. The van der Waals surface area contributed by atoms with Crippen molar-refractivity contribution in [1.82, 2.24) is 5.32 Å². The van der Waals surface area contributed by atoms with Crippen molar-refractivity contribution in [1.29, 1.82) is 0 Å². The molecule has 0 amide bonds. The summed E-state index contributed by atoms with van der Waals surface area (Å²) in [6, 6.07) is 10.5. The fourth-order valence-electron chi connectivity index (χ4n) is 2.39. The number of nitrogens with one attached hydrogen (secondary N) is 1. The minimum absolute atomic E-state index is 0.313. The lowest BCUT2D eigenvalue weighted by Crippen LogP contribution is -2.17. The summed E-state index contributed by atoms with van der Waals surface area (Å²) in [5.74, 6) is -0.0401. The van der Waals surface area contributed by atoms with Gasteiger partial charge in [-0.25, -0.2) is 8.78 Å². The van der Waals surface area contributed by atoms with Crippen molar-refractivity contribution in [2.75, 3.05) is 7.05 Å². The molecule has 1 heterocycles. The standard InChI is InChI=1S/C16H12BrF2NO/c1-20-16(10-4-11(17)8-13(19)6-10)15-7-9-5-12(18)2-3-14(9)21-15/h2-8,16,20H,1H3. The van der Waals surface area contributed by atoms with Gasteiger partial charge in [0.15, 0.2) is 0 Å². The second kappa shape index (κ2) is 5.58. The predicted octanol–water partition coefficient (Wildman–Crippen LogP) is 4.78. The zero-order valence-corrected chi connectivity index (χ0v) is 12.7. The highest BCUT2D eigenvalue weighted by atomic mass is 79.9. The van der Waals surface area contributed by atoms with E-state index in [9.17, 15) is 8.78 Å². The van der Waals surface area contributed by atoms with Crippen LogP contribution in [0.4, 0.5) is 8.78 Å². The maximum absolute atomic E-state index is 13.6. The molecule has 0 aliphatic rings. The van der Waals surface area contributed by atoms with Gasteiger partial charge in [-0.3, -0.25) is 0 Å². The second-order valence-corrected chi connectivity index (χ2v) is 5.67. The molecule has 3 rings (SSSR count). The van der Waals surface area contributed by atoms with Gasteiger partial charge in [0.05, 0.1) is 6.04 Å². The molecular weight excluding hydrogens is 340 g/mol. The third kappa shape index (κ3) is 2.84. The number of hydrogen-bond acceptors (Lipinski definition) is 2. The van der Waals surface area contributed by atoms with E-state index in [1.165, 1.54) is 24.3 Å². The van der Waals surface area contributed by atoms with Gasteiger partial charge in [0.1, 0.15) is 23.0 Å².